The van der Waals surface area contributed by atoms with Crippen molar-refractivity contribution in [2.45, 2.75) is 13.3 Å². The molecule has 0 heterocycles. The molecule has 2 rings (SSSR count). The standard InChI is InChI=1S/C15H14N2O2/c1-2-11-3-7-13(8-4-11)16-17-14-9-5-12(6-10-14)15(18)19/h3-10H,2H2,1H3,(H,18,19)/b17-16+. The summed E-state index contributed by atoms with van der Waals surface area (Å²) in [6.45, 7) is 2.10. The molecule has 0 fully saturated rings. The lowest BCUT2D eigenvalue weighted by Gasteiger charge is -1.97. The number of carboxylic acid groups (broad SMARTS) is 1. The number of carboxylic acids is 1. The number of benzene rings is 2. The largest absolute Gasteiger partial charge is 0.478 e. The molecule has 96 valence electrons. The van der Waals surface area contributed by atoms with E-state index in [1.807, 2.05) is 24.3 Å². The summed E-state index contributed by atoms with van der Waals surface area (Å²) in [6.07, 6.45) is 0.994. The zero-order chi connectivity index (χ0) is 13.7. The van der Waals surface area contributed by atoms with Crippen LogP contribution in [-0.4, -0.2) is 11.1 Å². The highest BCUT2D eigenvalue weighted by Crippen LogP contribution is 2.19. The van der Waals surface area contributed by atoms with Gasteiger partial charge in [0.2, 0.25) is 0 Å². The molecule has 0 amide bonds. The Kier molecular flexibility index (Phi) is 4.03. The number of hydrogen-bond donors (Lipinski definition) is 1. The molecule has 0 aliphatic carbocycles. The summed E-state index contributed by atoms with van der Waals surface area (Å²) in [5.74, 6) is -0.946. The Bertz CT molecular complexity index is 587. The quantitative estimate of drug-likeness (QED) is 0.824. The molecule has 0 aromatic heterocycles. The Morgan fingerprint density at radius 3 is 1.84 bits per heavy atom. The topological polar surface area (TPSA) is 62.0 Å². The molecule has 4 nitrogen and oxygen atoms in total. The van der Waals surface area contributed by atoms with Crippen LogP contribution in [-0.2, 0) is 6.42 Å². The van der Waals surface area contributed by atoms with Crippen molar-refractivity contribution in [2.75, 3.05) is 0 Å². The number of azo groups is 1. The fraction of sp³-hybridized carbons (Fsp3) is 0.133. The number of aryl methyl sites for hydroxylation is 1. The Balaban J connectivity index is 2.10. The van der Waals surface area contributed by atoms with Crippen LogP contribution in [0.4, 0.5) is 11.4 Å². The first-order valence-corrected chi connectivity index (χ1v) is 6.03. The van der Waals surface area contributed by atoms with Crippen molar-refractivity contribution in [1.29, 1.82) is 0 Å². The summed E-state index contributed by atoms with van der Waals surface area (Å²) in [6, 6.07) is 14.1. The minimum atomic E-state index is -0.946. The number of rotatable bonds is 4. The van der Waals surface area contributed by atoms with Crippen LogP contribution in [0.15, 0.2) is 58.8 Å². The van der Waals surface area contributed by atoms with E-state index in [1.54, 1.807) is 12.1 Å². The Morgan fingerprint density at radius 2 is 1.42 bits per heavy atom. The fourth-order valence-corrected chi connectivity index (χ4v) is 1.58. The van der Waals surface area contributed by atoms with Crippen LogP contribution in [0.5, 0.6) is 0 Å². The molecule has 0 unspecified atom stereocenters. The molecule has 0 radical (unpaired) electrons. The maximum atomic E-state index is 10.7. The molecule has 2 aromatic rings. The second kappa shape index (κ2) is 5.91. The Morgan fingerprint density at radius 1 is 0.947 bits per heavy atom. The third-order valence-electron chi connectivity index (χ3n) is 2.74. The third kappa shape index (κ3) is 3.48. The van der Waals surface area contributed by atoms with Gasteiger partial charge in [0.1, 0.15) is 0 Å². The van der Waals surface area contributed by atoms with Gasteiger partial charge in [0.25, 0.3) is 0 Å². The van der Waals surface area contributed by atoms with Crippen LogP contribution in [0, 0.1) is 0 Å². The van der Waals surface area contributed by atoms with E-state index in [9.17, 15) is 4.79 Å². The first-order chi connectivity index (χ1) is 9.19. The van der Waals surface area contributed by atoms with Gasteiger partial charge < -0.3 is 5.11 Å². The number of hydrogen-bond acceptors (Lipinski definition) is 3. The van der Waals surface area contributed by atoms with Crippen molar-refractivity contribution < 1.29 is 9.90 Å². The van der Waals surface area contributed by atoms with Crippen molar-refractivity contribution in [3.05, 3.63) is 59.7 Å². The van der Waals surface area contributed by atoms with Crippen molar-refractivity contribution in [3.63, 3.8) is 0 Å². The average Bonchev–Trinajstić information content (AvgIpc) is 2.46. The van der Waals surface area contributed by atoms with E-state index in [2.05, 4.69) is 17.2 Å². The van der Waals surface area contributed by atoms with Crippen LogP contribution in [0.25, 0.3) is 0 Å². The highest BCUT2D eigenvalue weighted by atomic mass is 16.4. The van der Waals surface area contributed by atoms with Gasteiger partial charge in [-0.25, -0.2) is 4.79 Å². The highest BCUT2D eigenvalue weighted by molar-refractivity contribution is 5.87. The van der Waals surface area contributed by atoms with Gasteiger partial charge in [0, 0.05) is 0 Å². The summed E-state index contributed by atoms with van der Waals surface area (Å²) in [4.78, 5) is 10.7. The van der Waals surface area contributed by atoms with Crippen molar-refractivity contribution >= 4 is 17.3 Å². The Labute approximate surface area is 111 Å². The van der Waals surface area contributed by atoms with Crippen molar-refractivity contribution in [1.82, 2.24) is 0 Å². The predicted molar refractivity (Wildman–Crippen MR) is 73.4 cm³/mol. The van der Waals surface area contributed by atoms with E-state index in [1.165, 1.54) is 17.7 Å². The van der Waals surface area contributed by atoms with Crippen LogP contribution in [0.1, 0.15) is 22.8 Å². The first kappa shape index (κ1) is 13.0. The molecule has 0 atom stereocenters. The van der Waals surface area contributed by atoms with Gasteiger partial charge in [-0.1, -0.05) is 19.1 Å². The fourth-order valence-electron chi connectivity index (χ4n) is 1.58. The number of aromatic carboxylic acids is 1. The molecule has 0 saturated heterocycles. The number of carbonyl (C=O) groups is 1. The van der Waals surface area contributed by atoms with E-state index in [4.69, 9.17) is 5.11 Å². The van der Waals surface area contributed by atoms with Gasteiger partial charge in [0.05, 0.1) is 16.9 Å². The highest BCUT2D eigenvalue weighted by Gasteiger charge is 2.00. The van der Waals surface area contributed by atoms with Gasteiger partial charge in [-0.05, 0) is 48.4 Å². The Hall–Kier alpha value is -2.49. The zero-order valence-electron chi connectivity index (χ0n) is 10.6. The molecule has 0 saturated carbocycles. The number of nitrogens with zero attached hydrogens (tertiary/aromatic N) is 2. The first-order valence-electron chi connectivity index (χ1n) is 6.03. The van der Waals surface area contributed by atoms with Crippen molar-refractivity contribution in [3.8, 4) is 0 Å². The van der Waals surface area contributed by atoms with Gasteiger partial charge in [-0.2, -0.15) is 10.2 Å². The summed E-state index contributed by atoms with van der Waals surface area (Å²) in [5.41, 5.74) is 2.90. The van der Waals surface area contributed by atoms with E-state index < -0.39 is 5.97 Å². The lowest BCUT2D eigenvalue weighted by molar-refractivity contribution is 0.0697. The second-order valence-corrected chi connectivity index (χ2v) is 4.07. The second-order valence-electron chi connectivity index (χ2n) is 4.07. The van der Waals surface area contributed by atoms with Crippen molar-refractivity contribution in [2.24, 2.45) is 10.2 Å². The van der Waals surface area contributed by atoms with Crippen LogP contribution >= 0.6 is 0 Å². The molecule has 0 aliphatic heterocycles. The molecule has 0 bridgehead atoms. The lowest BCUT2D eigenvalue weighted by atomic mass is 10.2. The van der Waals surface area contributed by atoms with Gasteiger partial charge in [-0.3, -0.25) is 0 Å². The third-order valence-corrected chi connectivity index (χ3v) is 2.74. The molecule has 1 N–H and O–H groups in total. The SMILES string of the molecule is CCc1ccc(/N=N/c2ccc(C(=O)O)cc2)cc1. The minimum Gasteiger partial charge on any atom is -0.478 e. The van der Waals surface area contributed by atoms with Crippen LogP contribution in [0.2, 0.25) is 0 Å². The summed E-state index contributed by atoms with van der Waals surface area (Å²) in [5, 5.41) is 16.9. The minimum absolute atomic E-state index is 0.242. The molecule has 19 heavy (non-hydrogen) atoms. The summed E-state index contributed by atoms with van der Waals surface area (Å²) < 4.78 is 0. The van der Waals surface area contributed by atoms with Gasteiger partial charge in [0.15, 0.2) is 0 Å². The monoisotopic (exact) mass is 254 g/mol. The maximum Gasteiger partial charge on any atom is 0.335 e. The zero-order valence-corrected chi connectivity index (χ0v) is 10.6. The molecule has 0 spiro atoms. The van der Waals surface area contributed by atoms with Crippen LogP contribution in [0.3, 0.4) is 0 Å². The van der Waals surface area contributed by atoms with Crippen LogP contribution < -0.4 is 0 Å². The molecular formula is C15H14N2O2. The summed E-state index contributed by atoms with van der Waals surface area (Å²) in [7, 11) is 0. The molecular weight excluding hydrogens is 240 g/mol. The predicted octanol–water partition coefficient (Wildman–Crippen LogP) is 4.36. The molecule has 4 heteroatoms. The molecule has 0 aliphatic rings. The van der Waals surface area contributed by atoms with E-state index in [0.29, 0.717) is 5.69 Å². The summed E-state index contributed by atoms with van der Waals surface area (Å²) >= 11 is 0. The normalized spacial score (nSPS) is 10.8. The van der Waals surface area contributed by atoms with Gasteiger partial charge in [-0.15, -0.1) is 0 Å². The van der Waals surface area contributed by atoms with E-state index in [-0.39, 0.29) is 5.56 Å². The van der Waals surface area contributed by atoms with E-state index >= 15 is 0 Å². The van der Waals surface area contributed by atoms with E-state index in [0.717, 1.165) is 12.1 Å². The molecule has 2 aromatic carbocycles. The lowest BCUT2D eigenvalue weighted by Crippen LogP contribution is -1.93. The maximum absolute atomic E-state index is 10.7. The average molecular weight is 254 g/mol. The van der Waals surface area contributed by atoms with Gasteiger partial charge >= 0.3 is 5.97 Å². The smallest absolute Gasteiger partial charge is 0.335 e.